The highest BCUT2D eigenvalue weighted by atomic mass is 35.5. The molecule has 0 aromatic heterocycles. The Kier molecular flexibility index (Phi) is 4.21. The Labute approximate surface area is 98.4 Å². The van der Waals surface area contributed by atoms with Crippen LogP contribution >= 0.6 is 23.2 Å². The molecule has 0 radical (unpaired) electrons. The second-order valence-electron chi connectivity index (χ2n) is 2.92. The molecule has 1 aromatic rings. The largest absolute Gasteiger partial charge is 0.384 e. The molecule has 84 valence electrons. The molecule has 0 aliphatic heterocycles. The van der Waals surface area contributed by atoms with Crippen molar-refractivity contribution in [3.63, 3.8) is 0 Å². The van der Waals surface area contributed by atoms with Crippen molar-refractivity contribution >= 4 is 38.9 Å². The van der Waals surface area contributed by atoms with E-state index >= 15 is 0 Å². The Balaban J connectivity index is 2.55. The number of nitrogens with two attached hydrogens (primary N) is 1. The summed E-state index contributed by atoms with van der Waals surface area (Å²) >= 11 is 11.5. The summed E-state index contributed by atoms with van der Waals surface area (Å²) in [7, 11) is -3.43. The fourth-order valence-electron chi connectivity index (χ4n) is 0.944. The summed E-state index contributed by atoms with van der Waals surface area (Å²) < 4.78 is 21.3. The van der Waals surface area contributed by atoms with Crippen LogP contribution in [0.3, 0.4) is 0 Å². The molecule has 0 aliphatic carbocycles. The lowest BCUT2D eigenvalue weighted by Crippen LogP contribution is -2.22. The van der Waals surface area contributed by atoms with Gasteiger partial charge >= 0.3 is 0 Å². The van der Waals surface area contributed by atoms with Crippen LogP contribution in [0.1, 0.15) is 0 Å². The molecule has 1 aromatic carbocycles. The van der Waals surface area contributed by atoms with Gasteiger partial charge in [0.2, 0.25) is 10.0 Å². The maximum absolute atomic E-state index is 10.6. The van der Waals surface area contributed by atoms with Crippen molar-refractivity contribution in [2.45, 2.75) is 0 Å². The molecule has 1 rings (SSSR count). The van der Waals surface area contributed by atoms with Gasteiger partial charge in [-0.3, -0.25) is 0 Å². The Bertz CT molecular complexity index is 448. The maximum Gasteiger partial charge on any atom is 0.210 e. The number of hydrogen-bond donors (Lipinski definition) is 2. The fourth-order valence-corrected chi connectivity index (χ4v) is 1.63. The molecule has 0 bridgehead atoms. The van der Waals surface area contributed by atoms with Gasteiger partial charge in [-0.2, -0.15) is 0 Å². The highest BCUT2D eigenvalue weighted by molar-refractivity contribution is 7.89. The zero-order chi connectivity index (χ0) is 11.5. The van der Waals surface area contributed by atoms with Gasteiger partial charge in [0, 0.05) is 12.2 Å². The molecule has 0 amide bonds. The second-order valence-corrected chi connectivity index (χ2v) is 5.47. The molecule has 4 nitrogen and oxygen atoms in total. The van der Waals surface area contributed by atoms with Crippen LogP contribution in [0.25, 0.3) is 0 Å². The molecule has 0 heterocycles. The molecule has 0 spiro atoms. The molecule has 0 aliphatic rings. The predicted molar refractivity (Wildman–Crippen MR) is 62.9 cm³/mol. The summed E-state index contributed by atoms with van der Waals surface area (Å²) in [6, 6.07) is 4.95. The van der Waals surface area contributed by atoms with Crippen LogP contribution in [0.15, 0.2) is 18.2 Å². The van der Waals surface area contributed by atoms with Gasteiger partial charge < -0.3 is 5.32 Å². The number of hydrogen-bond acceptors (Lipinski definition) is 3. The highest BCUT2D eigenvalue weighted by Crippen LogP contribution is 2.24. The molecule has 0 fully saturated rings. The van der Waals surface area contributed by atoms with Crippen molar-refractivity contribution in [2.75, 3.05) is 17.6 Å². The molecule has 3 N–H and O–H groups in total. The van der Waals surface area contributed by atoms with Crippen LogP contribution in [0.4, 0.5) is 5.69 Å². The zero-order valence-corrected chi connectivity index (χ0v) is 10.0. The predicted octanol–water partition coefficient (Wildman–Crippen LogP) is 1.69. The topological polar surface area (TPSA) is 72.2 Å². The van der Waals surface area contributed by atoms with Crippen molar-refractivity contribution in [1.29, 1.82) is 0 Å². The SMILES string of the molecule is NS(=O)(=O)CCNc1ccc(Cl)c(Cl)c1. The Morgan fingerprint density at radius 1 is 1.27 bits per heavy atom. The van der Waals surface area contributed by atoms with E-state index in [0.717, 1.165) is 0 Å². The van der Waals surface area contributed by atoms with Gasteiger partial charge in [0.1, 0.15) is 0 Å². The summed E-state index contributed by atoms with van der Waals surface area (Å²) in [6.07, 6.45) is 0. The molecule has 0 atom stereocenters. The van der Waals surface area contributed by atoms with Gasteiger partial charge in [-0.05, 0) is 18.2 Å². The Hall–Kier alpha value is -0.490. The molecule has 0 saturated carbocycles. The van der Waals surface area contributed by atoms with Gasteiger partial charge in [-0.1, -0.05) is 23.2 Å². The molecular weight excluding hydrogens is 259 g/mol. The summed E-state index contributed by atoms with van der Waals surface area (Å²) in [6.45, 7) is 0.233. The van der Waals surface area contributed by atoms with Gasteiger partial charge in [0.15, 0.2) is 0 Å². The first kappa shape index (κ1) is 12.6. The normalized spacial score (nSPS) is 11.4. The average Bonchev–Trinajstić information content (AvgIpc) is 2.09. The highest BCUT2D eigenvalue weighted by Gasteiger charge is 2.03. The van der Waals surface area contributed by atoms with Crippen LogP contribution in [0, 0.1) is 0 Å². The second kappa shape index (κ2) is 5.03. The van der Waals surface area contributed by atoms with E-state index in [1.165, 1.54) is 0 Å². The lowest BCUT2D eigenvalue weighted by molar-refractivity contribution is 0.598. The summed E-state index contributed by atoms with van der Waals surface area (Å²) in [5.74, 6) is -0.132. The molecule has 7 heteroatoms. The number of primary sulfonamides is 1. The van der Waals surface area contributed by atoms with E-state index in [2.05, 4.69) is 5.32 Å². The lowest BCUT2D eigenvalue weighted by Gasteiger charge is -2.06. The van der Waals surface area contributed by atoms with E-state index in [9.17, 15) is 8.42 Å². The number of sulfonamides is 1. The minimum Gasteiger partial charge on any atom is -0.384 e. The smallest absolute Gasteiger partial charge is 0.210 e. The van der Waals surface area contributed by atoms with E-state index < -0.39 is 10.0 Å². The van der Waals surface area contributed by atoms with Crippen molar-refractivity contribution < 1.29 is 8.42 Å². The quantitative estimate of drug-likeness (QED) is 0.873. The average molecular weight is 269 g/mol. The molecule has 15 heavy (non-hydrogen) atoms. The van der Waals surface area contributed by atoms with E-state index in [1.807, 2.05) is 0 Å². The monoisotopic (exact) mass is 268 g/mol. The van der Waals surface area contributed by atoms with Gasteiger partial charge in [-0.15, -0.1) is 0 Å². The van der Waals surface area contributed by atoms with Gasteiger partial charge in [0.05, 0.1) is 15.8 Å². The van der Waals surface area contributed by atoms with Crippen molar-refractivity contribution in [1.82, 2.24) is 0 Å². The fraction of sp³-hybridized carbons (Fsp3) is 0.250. The van der Waals surface area contributed by atoms with Gasteiger partial charge in [0.25, 0.3) is 0 Å². The van der Waals surface area contributed by atoms with Crippen LogP contribution in [0.2, 0.25) is 10.0 Å². The number of benzene rings is 1. The Morgan fingerprint density at radius 3 is 2.47 bits per heavy atom. The van der Waals surface area contributed by atoms with Crippen LogP contribution in [0.5, 0.6) is 0 Å². The van der Waals surface area contributed by atoms with Crippen LogP contribution < -0.4 is 10.5 Å². The summed E-state index contributed by atoms with van der Waals surface area (Å²) in [4.78, 5) is 0. The molecular formula is C8H10Cl2N2O2S. The van der Waals surface area contributed by atoms with Gasteiger partial charge in [-0.25, -0.2) is 13.6 Å². The van der Waals surface area contributed by atoms with E-state index in [1.54, 1.807) is 18.2 Å². The minimum atomic E-state index is -3.43. The molecule has 0 saturated heterocycles. The number of rotatable bonds is 4. The van der Waals surface area contributed by atoms with E-state index in [-0.39, 0.29) is 12.3 Å². The first-order valence-corrected chi connectivity index (χ1v) is 6.55. The van der Waals surface area contributed by atoms with Crippen LogP contribution in [-0.4, -0.2) is 20.7 Å². The molecule has 0 unspecified atom stereocenters. The van der Waals surface area contributed by atoms with Crippen molar-refractivity contribution in [3.8, 4) is 0 Å². The maximum atomic E-state index is 10.6. The number of nitrogens with one attached hydrogen (secondary N) is 1. The van der Waals surface area contributed by atoms with Crippen molar-refractivity contribution in [3.05, 3.63) is 28.2 Å². The third-order valence-corrected chi connectivity index (χ3v) is 3.15. The minimum absolute atomic E-state index is 0.132. The lowest BCUT2D eigenvalue weighted by atomic mass is 10.3. The number of anilines is 1. The van der Waals surface area contributed by atoms with E-state index in [0.29, 0.717) is 15.7 Å². The zero-order valence-electron chi connectivity index (χ0n) is 7.70. The number of halogens is 2. The summed E-state index contributed by atoms with van der Waals surface area (Å²) in [5, 5.41) is 8.57. The van der Waals surface area contributed by atoms with Crippen molar-refractivity contribution in [2.24, 2.45) is 5.14 Å². The third kappa shape index (κ3) is 4.70. The Morgan fingerprint density at radius 2 is 1.93 bits per heavy atom. The first-order chi connectivity index (χ1) is 6.88. The third-order valence-electron chi connectivity index (χ3n) is 1.64. The first-order valence-electron chi connectivity index (χ1n) is 4.08. The standard InChI is InChI=1S/C8H10Cl2N2O2S/c9-7-2-1-6(5-8(7)10)12-3-4-15(11,13)14/h1-2,5,12H,3-4H2,(H2,11,13,14). The van der Waals surface area contributed by atoms with E-state index in [4.69, 9.17) is 28.3 Å². The summed E-state index contributed by atoms with van der Waals surface area (Å²) in [5.41, 5.74) is 0.702. The van der Waals surface area contributed by atoms with Crippen LogP contribution in [-0.2, 0) is 10.0 Å².